The first-order valence-electron chi connectivity index (χ1n) is 12.6. The molecule has 0 aromatic heterocycles. The molecule has 1 aliphatic carbocycles. The number of piperidine rings is 1. The molecule has 0 atom stereocenters. The summed E-state index contributed by atoms with van der Waals surface area (Å²) >= 11 is 0. The van der Waals surface area contributed by atoms with Crippen LogP contribution in [0, 0.1) is 0 Å². The summed E-state index contributed by atoms with van der Waals surface area (Å²) in [4.78, 5) is 15.1. The standard InChI is InChI=1S/C29H31N3O3/c33-29(30-18-20-5-10-27-28(15-20)35-19-34-27)21-6-8-26(9-7-21)32-13-11-24(12-14-32)31-25-16-22-3-1-2-4-23(22)17-25/h1-10,15,24-25,31H,11-14,16-19H2,(H,30,33). The molecule has 2 aliphatic heterocycles. The Labute approximate surface area is 206 Å². The van der Waals surface area contributed by atoms with E-state index in [1.165, 1.54) is 16.8 Å². The van der Waals surface area contributed by atoms with Crippen LogP contribution in [0.1, 0.15) is 39.9 Å². The summed E-state index contributed by atoms with van der Waals surface area (Å²) in [5.41, 5.74) is 5.85. The lowest BCUT2D eigenvalue weighted by Gasteiger charge is -2.35. The predicted molar refractivity (Wildman–Crippen MR) is 136 cm³/mol. The molecule has 0 bridgehead atoms. The number of rotatable bonds is 6. The van der Waals surface area contributed by atoms with Crippen molar-refractivity contribution in [2.45, 2.75) is 44.3 Å². The average molecular weight is 470 g/mol. The van der Waals surface area contributed by atoms with Crippen molar-refractivity contribution in [1.29, 1.82) is 0 Å². The van der Waals surface area contributed by atoms with Gasteiger partial charge in [0.15, 0.2) is 11.5 Å². The van der Waals surface area contributed by atoms with E-state index in [9.17, 15) is 4.79 Å². The highest BCUT2D eigenvalue weighted by Crippen LogP contribution is 2.32. The summed E-state index contributed by atoms with van der Waals surface area (Å²) in [5.74, 6) is 1.41. The lowest BCUT2D eigenvalue weighted by molar-refractivity contribution is 0.0951. The van der Waals surface area contributed by atoms with Crippen molar-refractivity contribution in [2.75, 3.05) is 24.8 Å². The number of carbonyl (C=O) groups is 1. The van der Waals surface area contributed by atoms with E-state index in [1.807, 2.05) is 30.3 Å². The van der Waals surface area contributed by atoms with Crippen LogP contribution in [0.4, 0.5) is 5.69 Å². The molecule has 6 rings (SSSR count). The molecule has 35 heavy (non-hydrogen) atoms. The van der Waals surface area contributed by atoms with Crippen LogP contribution < -0.4 is 25.0 Å². The van der Waals surface area contributed by atoms with Gasteiger partial charge in [-0.25, -0.2) is 0 Å². The lowest BCUT2D eigenvalue weighted by atomic mass is 10.0. The van der Waals surface area contributed by atoms with Crippen LogP contribution >= 0.6 is 0 Å². The molecule has 180 valence electrons. The largest absolute Gasteiger partial charge is 0.454 e. The van der Waals surface area contributed by atoms with Gasteiger partial charge in [-0.15, -0.1) is 0 Å². The van der Waals surface area contributed by atoms with Gasteiger partial charge in [0, 0.05) is 43.0 Å². The molecule has 6 nitrogen and oxygen atoms in total. The van der Waals surface area contributed by atoms with Crippen molar-refractivity contribution in [1.82, 2.24) is 10.6 Å². The first kappa shape index (κ1) is 22.0. The maximum atomic E-state index is 12.6. The third kappa shape index (κ3) is 4.84. The molecule has 3 aromatic rings. The number of ether oxygens (including phenoxy) is 2. The fourth-order valence-electron chi connectivity index (χ4n) is 5.47. The van der Waals surface area contributed by atoms with Gasteiger partial charge in [0.2, 0.25) is 6.79 Å². The van der Waals surface area contributed by atoms with Gasteiger partial charge in [0.25, 0.3) is 5.91 Å². The summed E-state index contributed by atoms with van der Waals surface area (Å²) < 4.78 is 10.8. The molecule has 0 unspecified atom stereocenters. The molecule has 0 saturated carbocycles. The Bertz CT molecular complexity index is 1180. The Morgan fingerprint density at radius 2 is 1.57 bits per heavy atom. The SMILES string of the molecule is O=C(NCc1ccc2c(c1)OCO2)c1ccc(N2CCC(NC3Cc4ccccc4C3)CC2)cc1. The summed E-state index contributed by atoms with van der Waals surface area (Å²) in [7, 11) is 0. The number of carbonyl (C=O) groups excluding carboxylic acids is 1. The molecule has 2 N–H and O–H groups in total. The van der Waals surface area contributed by atoms with Crippen LogP contribution in [0.5, 0.6) is 11.5 Å². The van der Waals surface area contributed by atoms with Crippen LogP contribution in [-0.4, -0.2) is 37.9 Å². The number of anilines is 1. The molecular formula is C29H31N3O3. The first-order chi connectivity index (χ1) is 17.2. The van der Waals surface area contributed by atoms with E-state index in [-0.39, 0.29) is 12.7 Å². The Morgan fingerprint density at radius 1 is 0.857 bits per heavy atom. The van der Waals surface area contributed by atoms with Gasteiger partial charge < -0.3 is 25.0 Å². The zero-order valence-electron chi connectivity index (χ0n) is 19.8. The highest BCUT2D eigenvalue weighted by atomic mass is 16.7. The second-order valence-corrected chi connectivity index (χ2v) is 9.72. The normalized spacial score (nSPS) is 17.4. The maximum Gasteiger partial charge on any atom is 0.251 e. The molecule has 3 aromatic carbocycles. The number of hydrogen-bond donors (Lipinski definition) is 2. The minimum Gasteiger partial charge on any atom is -0.454 e. The zero-order valence-corrected chi connectivity index (χ0v) is 19.8. The number of nitrogens with zero attached hydrogens (tertiary/aromatic N) is 1. The molecule has 0 spiro atoms. The van der Waals surface area contributed by atoms with E-state index in [0.717, 1.165) is 55.8 Å². The highest BCUT2D eigenvalue weighted by Gasteiger charge is 2.26. The smallest absolute Gasteiger partial charge is 0.251 e. The van der Waals surface area contributed by atoms with E-state index in [2.05, 4.69) is 51.9 Å². The average Bonchev–Trinajstić information content (AvgIpc) is 3.54. The minimum absolute atomic E-state index is 0.0744. The molecule has 0 radical (unpaired) electrons. The Balaban J connectivity index is 0.976. The Morgan fingerprint density at radius 3 is 2.31 bits per heavy atom. The number of amides is 1. The van der Waals surface area contributed by atoms with Gasteiger partial charge in [0.1, 0.15) is 0 Å². The van der Waals surface area contributed by atoms with Gasteiger partial charge in [-0.3, -0.25) is 4.79 Å². The van der Waals surface area contributed by atoms with Crippen molar-refractivity contribution in [3.05, 3.63) is 89.0 Å². The van der Waals surface area contributed by atoms with Gasteiger partial charge >= 0.3 is 0 Å². The number of hydrogen-bond acceptors (Lipinski definition) is 5. The van der Waals surface area contributed by atoms with Crippen LogP contribution in [0.3, 0.4) is 0 Å². The maximum absolute atomic E-state index is 12.6. The van der Waals surface area contributed by atoms with Gasteiger partial charge in [-0.2, -0.15) is 0 Å². The van der Waals surface area contributed by atoms with Crippen molar-refractivity contribution in [2.24, 2.45) is 0 Å². The summed E-state index contributed by atoms with van der Waals surface area (Å²) in [6.07, 6.45) is 4.58. The van der Waals surface area contributed by atoms with Gasteiger partial charge in [0.05, 0.1) is 0 Å². The van der Waals surface area contributed by atoms with Crippen molar-refractivity contribution in [3.8, 4) is 11.5 Å². The number of nitrogens with one attached hydrogen (secondary N) is 2. The third-order valence-corrected chi connectivity index (χ3v) is 7.40. The second-order valence-electron chi connectivity index (χ2n) is 9.72. The third-order valence-electron chi connectivity index (χ3n) is 7.40. The van der Waals surface area contributed by atoms with Crippen molar-refractivity contribution in [3.63, 3.8) is 0 Å². The summed E-state index contributed by atoms with van der Waals surface area (Å²) in [6.45, 7) is 2.77. The molecule has 1 saturated heterocycles. The topological polar surface area (TPSA) is 62.8 Å². The molecule has 3 aliphatic rings. The van der Waals surface area contributed by atoms with E-state index in [1.54, 1.807) is 0 Å². The minimum atomic E-state index is -0.0744. The van der Waals surface area contributed by atoms with E-state index >= 15 is 0 Å². The lowest BCUT2D eigenvalue weighted by Crippen LogP contribution is -2.46. The van der Waals surface area contributed by atoms with Gasteiger partial charge in [-0.05, 0) is 78.8 Å². The molecule has 1 amide bonds. The number of benzene rings is 3. The summed E-state index contributed by atoms with van der Waals surface area (Å²) in [6, 6.07) is 23.7. The van der Waals surface area contributed by atoms with Crippen LogP contribution in [0.2, 0.25) is 0 Å². The van der Waals surface area contributed by atoms with E-state index in [4.69, 9.17) is 9.47 Å². The van der Waals surface area contributed by atoms with E-state index in [0.29, 0.717) is 24.2 Å². The van der Waals surface area contributed by atoms with Crippen LogP contribution in [0.15, 0.2) is 66.7 Å². The molecule has 6 heteroatoms. The fraction of sp³-hybridized carbons (Fsp3) is 0.345. The Kier molecular flexibility index (Phi) is 6.05. The zero-order chi connectivity index (χ0) is 23.6. The van der Waals surface area contributed by atoms with Crippen molar-refractivity contribution < 1.29 is 14.3 Å². The highest BCUT2D eigenvalue weighted by molar-refractivity contribution is 5.94. The van der Waals surface area contributed by atoms with Crippen LogP contribution in [0.25, 0.3) is 0 Å². The van der Waals surface area contributed by atoms with Gasteiger partial charge in [-0.1, -0.05) is 30.3 Å². The van der Waals surface area contributed by atoms with E-state index < -0.39 is 0 Å². The monoisotopic (exact) mass is 469 g/mol. The second kappa shape index (κ2) is 9.62. The van der Waals surface area contributed by atoms with Crippen molar-refractivity contribution >= 4 is 11.6 Å². The fourth-order valence-corrected chi connectivity index (χ4v) is 5.47. The quantitative estimate of drug-likeness (QED) is 0.570. The summed E-state index contributed by atoms with van der Waals surface area (Å²) in [5, 5.41) is 6.90. The molecule has 2 heterocycles. The molecular weight excluding hydrogens is 438 g/mol. The number of fused-ring (bicyclic) bond motifs is 2. The van der Waals surface area contributed by atoms with Crippen LogP contribution in [-0.2, 0) is 19.4 Å². The first-order valence-corrected chi connectivity index (χ1v) is 12.6. The Hall–Kier alpha value is -3.51. The molecule has 1 fully saturated rings. The predicted octanol–water partition coefficient (Wildman–Crippen LogP) is 4.07.